The lowest BCUT2D eigenvalue weighted by Crippen LogP contribution is -2.51. The number of nitrogens with zero attached hydrogens (tertiary/aromatic N) is 1. The van der Waals surface area contributed by atoms with Crippen molar-refractivity contribution in [1.82, 2.24) is 10.2 Å². The van der Waals surface area contributed by atoms with Crippen LogP contribution in [-0.2, 0) is 4.79 Å². The Morgan fingerprint density at radius 2 is 2.17 bits per heavy atom. The average molecular weight is 254 g/mol. The number of hydrogen-bond donors (Lipinski definition) is 2. The summed E-state index contributed by atoms with van der Waals surface area (Å²) in [6.07, 6.45) is 7.71. The lowest BCUT2D eigenvalue weighted by molar-refractivity contribution is -0.127. The third kappa shape index (κ3) is 4.42. The summed E-state index contributed by atoms with van der Waals surface area (Å²) in [5.41, 5.74) is 0. The second-order valence-electron chi connectivity index (χ2n) is 4.96. The van der Waals surface area contributed by atoms with Crippen molar-refractivity contribution < 1.29 is 9.90 Å². The zero-order valence-electron chi connectivity index (χ0n) is 11.4. The third-order valence-corrected chi connectivity index (χ3v) is 3.70. The molecule has 2 N–H and O–H groups in total. The minimum atomic E-state index is -0.180. The Bertz CT molecular complexity index is 263. The largest absolute Gasteiger partial charge is 0.395 e. The fraction of sp³-hybridized carbons (Fsp3) is 0.786. The van der Waals surface area contributed by atoms with Crippen LogP contribution in [0.1, 0.15) is 39.0 Å². The number of amides is 1. The maximum atomic E-state index is 12.0. The van der Waals surface area contributed by atoms with E-state index in [0.717, 1.165) is 12.8 Å². The Labute approximate surface area is 110 Å². The van der Waals surface area contributed by atoms with Crippen molar-refractivity contribution in [1.29, 1.82) is 0 Å². The van der Waals surface area contributed by atoms with Gasteiger partial charge in [-0.05, 0) is 19.8 Å². The van der Waals surface area contributed by atoms with E-state index in [0.29, 0.717) is 19.1 Å². The minimum absolute atomic E-state index is 0.0222. The van der Waals surface area contributed by atoms with Crippen LogP contribution in [0, 0.1) is 0 Å². The molecule has 0 spiro atoms. The fourth-order valence-corrected chi connectivity index (χ4v) is 2.69. The molecule has 1 aliphatic carbocycles. The van der Waals surface area contributed by atoms with Gasteiger partial charge in [-0.2, -0.15) is 0 Å². The van der Waals surface area contributed by atoms with Gasteiger partial charge in [-0.25, -0.2) is 0 Å². The summed E-state index contributed by atoms with van der Waals surface area (Å²) < 4.78 is 0. The van der Waals surface area contributed by atoms with E-state index in [-0.39, 0.29) is 18.6 Å². The summed E-state index contributed by atoms with van der Waals surface area (Å²) in [5, 5.41) is 12.0. The molecule has 0 radical (unpaired) electrons. The van der Waals surface area contributed by atoms with E-state index in [2.05, 4.69) is 16.8 Å². The highest BCUT2D eigenvalue weighted by molar-refractivity contribution is 5.81. The number of aliphatic hydroxyl groups excluding tert-OH is 1. The Hall–Kier alpha value is -0.870. The highest BCUT2D eigenvalue weighted by Gasteiger charge is 2.28. The second kappa shape index (κ2) is 8.27. The molecule has 1 fully saturated rings. The number of nitrogens with one attached hydrogen (secondary N) is 1. The molecule has 0 saturated heterocycles. The maximum absolute atomic E-state index is 12.0. The predicted molar refractivity (Wildman–Crippen MR) is 73.3 cm³/mol. The Morgan fingerprint density at radius 3 is 2.72 bits per heavy atom. The van der Waals surface area contributed by atoms with Gasteiger partial charge in [0.25, 0.3) is 0 Å². The quantitative estimate of drug-likeness (QED) is 0.673. The summed E-state index contributed by atoms with van der Waals surface area (Å²) in [6, 6.07) is 0.260. The van der Waals surface area contributed by atoms with Gasteiger partial charge in [0, 0.05) is 19.1 Å². The molecule has 0 bridgehead atoms. The molecular weight excluding hydrogens is 228 g/mol. The zero-order chi connectivity index (χ0) is 13.4. The number of carbonyl (C=O) groups excluding carboxylic acids is 1. The summed E-state index contributed by atoms with van der Waals surface area (Å²) in [6.45, 7) is 6.70. The van der Waals surface area contributed by atoms with Crippen molar-refractivity contribution >= 4 is 5.91 Å². The first-order valence-corrected chi connectivity index (χ1v) is 6.96. The third-order valence-electron chi connectivity index (χ3n) is 3.70. The van der Waals surface area contributed by atoms with E-state index in [1.54, 1.807) is 6.08 Å². The molecule has 1 unspecified atom stereocenters. The molecule has 1 saturated carbocycles. The topological polar surface area (TPSA) is 52.6 Å². The van der Waals surface area contributed by atoms with E-state index < -0.39 is 0 Å². The summed E-state index contributed by atoms with van der Waals surface area (Å²) in [7, 11) is 0. The van der Waals surface area contributed by atoms with Gasteiger partial charge >= 0.3 is 0 Å². The molecule has 0 aliphatic heterocycles. The van der Waals surface area contributed by atoms with Crippen LogP contribution in [0.15, 0.2) is 12.7 Å². The van der Waals surface area contributed by atoms with E-state index in [1.807, 2.05) is 6.92 Å². The van der Waals surface area contributed by atoms with Crippen molar-refractivity contribution in [2.75, 3.05) is 19.7 Å². The monoisotopic (exact) mass is 254 g/mol. The van der Waals surface area contributed by atoms with Crippen LogP contribution < -0.4 is 5.32 Å². The Kier molecular flexibility index (Phi) is 6.98. The van der Waals surface area contributed by atoms with Crippen LogP contribution in [0.5, 0.6) is 0 Å². The summed E-state index contributed by atoms with van der Waals surface area (Å²) in [4.78, 5) is 14.1. The van der Waals surface area contributed by atoms with Crippen molar-refractivity contribution in [3.63, 3.8) is 0 Å². The van der Waals surface area contributed by atoms with Gasteiger partial charge in [-0.1, -0.05) is 25.3 Å². The highest BCUT2D eigenvalue weighted by Crippen LogP contribution is 2.24. The summed E-state index contributed by atoms with van der Waals surface area (Å²) in [5.74, 6) is 0.0222. The van der Waals surface area contributed by atoms with E-state index in [4.69, 9.17) is 0 Å². The van der Waals surface area contributed by atoms with Crippen LogP contribution in [0.25, 0.3) is 0 Å². The van der Waals surface area contributed by atoms with E-state index >= 15 is 0 Å². The lowest BCUT2D eigenvalue weighted by atomic mass is 9.93. The first kappa shape index (κ1) is 15.2. The Morgan fingerprint density at radius 1 is 1.50 bits per heavy atom. The molecule has 1 amide bonds. The number of rotatable bonds is 7. The number of aliphatic hydroxyl groups is 1. The standard InChI is InChI=1S/C14H26N2O2/c1-3-9-15-14(18)12(2)16(10-11-17)13-7-5-4-6-8-13/h3,12-13,17H,1,4-11H2,2H3,(H,15,18). The predicted octanol–water partition coefficient (Wildman–Crippen LogP) is 1.30. The van der Waals surface area contributed by atoms with E-state index in [1.165, 1.54) is 19.3 Å². The molecule has 0 heterocycles. The molecule has 0 aromatic rings. The van der Waals surface area contributed by atoms with Gasteiger partial charge in [-0.3, -0.25) is 9.69 Å². The first-order chi connectivity index (χ1) is 8.70. The maximum Gasteiger partial charge on any atom is 0.237 e. The van der Waals surface area contributed by atoms with Gasteiger partial charge < -0.3 is 10.4 Å². The average Bonchev–Trinajstić information content (AvgIpc) is 2.42. The van der Waals surface area contributed by atoms with Crippen LogP contribution in [0.2, 0.25) is 0 Å². The molecule has 1 aliphatic rings. The summed E-state index contributed by atoms with van der Waals surface area (Å²) >= 11 is 0. The van der Waals surface area contributed by atoms with Crippen LogP contribution in [0.3, 0.4) is 0 Å². The molecule has 104 valence electrons. The Balaban J connectivity index is 2.57. The molecule has 4 heteroatoms. The van der Waals surface area contributed by atoms with Gasteiger partial charge in [-0.15, -0.1) is 6.58 Å². The van der Waals surface area contributed by atoms with Gasteiger partial charge in [0.15, 0.2) is 0 Å². The lowest BCUT2D eigenvalue weighted by Gasteiger charge is -2.37. The fourth-order valence-electron chi connectivity index (χ4n) is 2.69. The van der Waals surface area contributed by atoms with Gasteiger partial charge in [0.05, 0.1) is 12.6 Å². The molecule has 18 heavy (non-hydrogen) atoms. The SMILES string of the molecule is C=CCNC(=O)C(C)N(CCO)C1CCCCC1. The number of hydrogen-bond acceptors (Lipinski definition) is 3. The normalized spacial score (nSPS) is 18.6. The minimum Gasteiger partial charge on any atom is -0.395 e. The van der Waals surface area contributed by atoms with Crippen molar-refractivity contribution in [2.45, 2.75) is 51.1 Å². The second-order valence-corrected chi connectivity index (χ2v) is 4.96. The molecule has 1 rings (SSSR count). The molecule has 0 aromatic heterocycles. The number of carbonyl (C=O) groups is 1. The molecule has 1 atom stereocenters. The van der Waals surface area contributed by atoms with Crippen LogP contribution in [0.4, 0.5) is 0 Å². The smallest absolute Gasteiger partial charge is 0.237 e. The van der Waals surface area contributed by atoms with Crippen molar-refractivity contribution in [2.24, 2.45) is 0 Å². The highest BCUT2D eigenvalue weighted by atomic mass is 16.3. The van der Waals surface area contributed by atoms with Gasteiger partial charge in [0.2, 0.25) is 5.91 Å². The molecule has 0 aromatic carbocycles. The van der Waals surface area contributed by atoms with E-state index in [9.17, 15) is 9.90 Å². The van der Waals surface area contributed by atoms with Crippen molar-refractivity contribution in [3.8, 4) is 0 Å². The van der Waals surface area contributed by atoms with Crippen LogP contribution >= 0.6 is 0 Å². The van der Waals surface area contributed by atoms with Crippen molar-refractivity contribution in [3.05, 3.63) is 12.7 Å². The zero-order valence-corrected chi connectivity index (χ0v) is 11.4. The molecular formula is C14H26N2O2. The molecule has 4 nitrogen and oxygen atoms in total. The van der Waals surface area contributed by atoms with Crippen LogP contribution in [-0.4, -0.2) is 47.7 Å². The first-order valence-electron chi connectivity index (χ1n) is 6.96. The van der Waals surface area contributed by atoms with Gasteiger partial charge in [0.1, 0.15) is 0 Å².